The minimum Gasteiger partial charge on any atom is -0.435 e. The lowest BCUT2D eigenvalue weighted by molar-refractivity contribution is -0.132. The van der Waals surface area contributed by atoms with Crippen LogP contribution in [-0.4, -0.2) is 17.5 Å². The fraction of sp³-hybridized carbons (Fsp3) is 0.667. The second-order valence-electron chi connectivity index (χ2n) is 2.60. The number of carbonyl (C=O) groups is 2. The molecule has 0 atom stereocenters. The molecular formula is C6H12N2O3. The molecule has 0 heterocycles. The van der Waals surface area contributed by atoms with Gasteiger partial charge in [0, 0.05) is 0 Å². The van der Waals surface area contributed by atoms with Crippen LogP contribution in [0, 0.1) is 0 Å². The van der Waals surface area contributed by atoms with Crippen LogP contribution in [0.4, 0.5) is 4.79 Å². The number of ketones is 1. The first kappa shape index (κ1) is 9.90. The fourth-order valence-corrected chi connectivity index (χ4v) is 0.333. The zero-order chi connectivity index (χ0) is 9.07. The Morgan fingerprint density at radius 2 is 1.91 bits per heavy atom. The van der Waals surface area contributed by atoms with Gasteiger partial charge in [-0.25, -0.2) is 10.6 Å². The van der Waals surface area contributed by atoms with E-state index >= 15 is 0 Å². The van der Waals surface area contributed by atoms with Gasteiger partial charge in [-0.3, -0.25) is 10.2 Å². The molecule has 0 spiro atoms. The number of hydrazine groups is 1. The summed E-state index contributed by atoms with van der Waals surface area (Å²) in [6.07, 6.45) is -0.815. The third-order valence-electron chi connectivity index (χ3n) is 1.31. The van der Waals surface area contributed by atoms with Gasteiger partial charge in [0.1, 0.15) is 0 Å². The van der Waals surface area contributed by atoms with E-state index in [1.54, 1.807) is 5.43 Å². The maximum atomic E-state index is 10.8. The van der Waals surface area contributed by atoms with Gasteiger partial charge in [-0.05, 0) is 20.8 Å². The molecule has 0 aliphatic rings. The normalized spacial score (nSPS) is 10.5. The van der Waals surface area contributed by atoms with E-state index in [9.17, 15) is 9.59 Å². The molecule has 64 valence electrons. The summed E-state index contributed by atoms with van der Waals surface area (Å²) >= 11 is 0. The van der Waals surface area contributed by atoms with Crippen molar-refractivity contribution in [2.24, 2.45) is 5.84 Å². The van der Waals surface area contributed by atoms with E-state index in [-0.39, 0.29) is 5.78 Å². The molecule has 0 aliphatic heterocycles. The highest BCUT2D eigenvalue weighted by atomic mass is 16.6. The molecule has 0 aromatic rings. The van der Waals surface area contributed by atoms with Crippen LogP contribution in [0.3, 0.4) is 0 Å². The summed E-state index contributed by atoms with van der Waals surface area (Å²) in [5, 5.41) is 0. The average molecular weight is 160 g/mol. The number of hydrogen-bond acceptors (Lipinski definition) is 4. The van der Waals surface area contributed by atoms with Crippen molar-refractivity contribution in [3.63, 3.8) is 0 Å². The molecule has 5 nitrogen and oxygen atoms in total. The third kappa shape index (κ3) is 2.99. The van der Waals surface area contributed by atoms with Crippen LogP contribution in [0.25, 0.3) is 0 Å². The first-order valence-electron chi connectivity index (χ1n) is 3.11. The van der Waals surface area contributed by atoms with E-state index in [1.807, 2.05) is 0 Å². The quantitative estimate of drug-likeness (QED) is 0.337. The van der Waals surface area contributed by atoms with Gasteiger partial charge in [0.05, 0.1) is 0 Å². The van der Waals surface area contributed by atoms with Crippen LogP contribution in [0.15, 0.2) is 0 Å². The summed E-state index contributed by atoms with van der Waals surface area (Å²) in [5.41, 5.74) is 0.655. The molecule has 0 unspecified atom stereocenters. The van der Waals surface area contributed by atoms with Crippen molar-refractivity contribution in [1.29, 1.82) is 0 Å². The van der Waals surface area contributed by atoms with E-state index in [0.717, 1.165) is 0 Å². The zero-order valence-electron chi connectivity index (χ0n) is 6.80. The number of carbonyl (C=O) groups excluding carboxylic acids is 2. The van der Waals surface area contributed by atoms with Crippen LogP contribution < -0.4 is 11.3 Å². The largest absolute Gasteiger partial charge is 0.435 e. The van der Waals surface area contributed by atoms with E-state index < -0.39 is 11.7 Å². The van der Waals surface area contributed by atoms with Gasteiger partial charge < -0.3 is 4.74 Å². The molecular weight excluding hydrogens is 148 g/mol. The second kappa shape index (κ2) is 3.34. The van der Waals surface area contributed by atoms with E-state index in [4.69, 9.17) is 5.84 Å². The van der Waals surface area contributed by atoms with Crippen LogP contribution in [-0.2, 0) is 9.53 Å². The summed E-state index contributed by atoms with van der Waals surface area (Å²) in [6, 6.07) is 0. The highest BCUT2D eigenvalue weighted by molar-refractivity contribution is 5.86. The highest BCUT2D eigenvalue weighted by Crippen LogP contribution is 2.09. The Bertz CT molecular complexity index is 177. The number of hydrogen-bond donors (Lipinski definition) is 2. The Kier molecular flexibility index (Phi) is 3.00. The van der Waals surface area contributed by atoms with Crippen molar-refractivity contribution in [3.05, 3.63) is 0 Å². The van der Waals surface area contributed by atoms with Crippen molar-refractivity contribution in [2.45, 2.75) is 26.4 Å². The first-order valence-corrected chi connectivity index (χ1v) is 3.11. The number of amides is 1. The maximum Gasteiger partial charge on any atom is 0.422 e. The van der Waals surface area contributed by atoms with E-state index in [1.165, 1.54) is 20.8 Å². The SMILES string of the molecule is CC(=O)C(C)(C)OC(=O)NN. The lowest BCUT2D eigenvalue weighted by Crippen LogP contribution is -2.41. The Hall–Kier alpha value is -1.10. The molecule has 0 aliphatic carbocycles. The predicted molar refractivity (Wildman–Crippen MR) is 38.6 cm³/mol. The van der Waals surface area contributed by atoms with Gasteiger partial charge in [-0.15, -0.1) is 0 Å². The van der Waals surface area contributed by atoms with Gasteiger partial charge in [0.15, 0.2) is 11.4 Å². The number of Topliss-reactive ketones (excluding diaryl/α,β-unsaturated/α-hetero) is 1. The summed E-state index contributed by atoms with van der Waals surface area (Å²) in [6.45, 7) is 4.32. The predicted octanol–water partition coefficient (Wildman–Crippen LogP) is -0.0461. The Morgan fingerprint density at radius 3 is 2.18 bits per heavy atom. The first-order chi connectivity index (χ1) is 4.90. The molecule has 0 saturated carbocycles. The molecule has 0 saturated heterocycles. The van der Waals surface area contributed by atoms with E-state index in [2.05, 4.69) is 4.74 Å². The smallest absolute Gasteiger partial charge is 0.422 e. The summed E-state index contributed by atoms with van der Waals surface area (Å²) in [7, 11) is 0. The van der Waals surface area contributed by atoms with Crippen LogP contribution in [0.2, 0.25) is 0 Å². The molecule has 0 fully saturated rings. The Morgan fingerprint density at radius 1 is 1.45 bits per heavy atom. The van der Waals surface area contributed by atoms with Gasteiger partial charge >= 0.3 is 6.09 Å². The molecule has 0 rings (SSSR count). The topological polar surface area (TPSA) is 81.4 Å². The number of ether oxygens (including phenoxy) is 1. The van der Waals surface area contributed by atoms with Crippen molar-refractivity contribution < 1.29 is 14.3 Å². The lowest BCUT2D eigenvalue weighted by atomic mass is 10.1. The zero-order valence-corrected chi connectivity index (χ0v) is 6.80. The minimum absolute atomic E-state index is 0.235. The monoisotopic (exact) mass is 160 g/mol. The van der Waals surface area contributed by atoms with Gasteiger partial charge in [0.25, 0.3) is 0 Å². The van der Waals surface area contributed by atoms with Crippen LogP contribution >= 0.6 is 0 Å². The van der Waals surface area contributed by atoms with Crippen LogP contribution in [0.1, 0.15) is 20.8 Å². The fourth-order valence-electron chi connectivity index (χ4n) is 0.333. The molecule has 11 heavy (non-hydrogen) atoms. The average Bonchev–Trinajstić information content (AvgIpc) is 1.86. The van der Waals surface area contributed by atoms with E-state index in [0.29, 0.717) is 0 Å². The molecule has 0 bridgehead atoms. The van der Waals surface area contributed by atoms with Gasteiger partial charge in [-0.1, -0.05) is 0 Å². The standard InChI is InChI=1S/C6H12N2O3/c1-4(9)6(2,3)11-5(10)8-7/h7H2,1-3H3,(H,8,10). The molecule has 3 N–H and O–H groups in total. The molecule has 0 aromatic heterocycles. The third-order valence-corrected chi connectivity index (χ3v) is 1.31. The van der Waals surface area contributed by atoms with Crippen molar-refractivity contribution in [2.75, 3.05) is 0 Å². The summed E-state index contributed by atoms with van der Waals surface area (Å²) in [5.74, 6) is 4.51. The molecule has 1 amide bonds. The van der Waals surface area contributed by atoms with Crippen LogP contribution in [0.5, 0.6) is 0 Å². The van der Waals surface area contributed by atoms with Crippen molar-refractivity contribution in [1.82, 2.24) is 5.43 Å². The Labute approximate surface area is 64.9 Å². The maximum absolute atomic E-state index is 10.8. The molecule has 5 heteroatoms. The number of nitrogens with one attached hydrogen (secondary N) is 1. The molecule has 0 radical (unpaired) electrons. The lowest BCUT2D eigenvalue weighted by Gasteiger charge is -2.20. The van der Waals surface area contributed by atoms with Gasteiger partial charge in [-0.2, -0.15) is 0 Å². The molecule has 0 aromatic carbocycles. The van der Waals surface area contributed by atoms with Crippen molar-refractivity contribution in [3.8, 4) is 0 Å². The van der Waals surface area contributed by atoms with Crippen molar-refractivity contribution >= 4 is 11.9 Å². The summed E-state index contributed by atoms with van der Waals surface area (Å²) < 4.78 is 4.62. The highest BCUT2D eigenvalue weighted by Gasteiger charge is 2.27. The number of rotatable bonds is 2. The minimum atomic E-state index is -1.11. The van der Waals surface area contributed by atoms with Gasteiger partial charge in [0.2, 0.25) is 0 Å². The second-order valence-corrected chi connectivity index (χ2v) is 2.60. The Balaban J connectivity index is 4.12. The number of nitrogens with two attached hydrogens (primary N) is 1. The summed E-state index contributed by atoms with van der Waals surface area (Å²) in [4.78, 5) is 21.3.